The number of ether oxygens (including phenoxy) is 1. The summed E-state index contributed by atoms with van der Waals surface area (Å²) in [6, 6.07) is 5.34. The molecule has 1 aromatic rings. The number of nitrogens with one attached hydrogen (secondary N) is 1. The lowest BCUT2D eigenvalue weighted by Crippen LogP contribution is -2.41. The van der Waals surface area contributed by atoms with E-state index in [0.29, 0.717) is 26.3 Å². The number of anilines is 1. The summed E-state index contributed by atoms with van der Waals surface area (Å²) < 4.78 is 19.7. The van der Waals surface area contributed by atoms with E-state index in [2.05, 4.69) is 10.2 Å². The lowest BCUT2D eigenvalue weighted by molar-refractivity contribution is -0.0154. The van der Waals surface area contributed by atoms with Crippen LogP contribution >= 0.6 is 0 Å². The van der Waals surface area contributed by atoms with Gasteiger partial charge in [0.1, 0.15) is 5.82 Å². The van der Waals surface area contributed by atoms with Gasteiger partial charge in [0.2, 0.25) is 0 Å². The molecule has 0 radical (unpaired) electrons. The van der Waals surface area contributed by atoms with Crippen LogP contribution in [0.2, 0.25) is 0 Å². The van der Waals surface area contributed by atoms with E-state index in [4.69, 9.17) is 4.74 Å². The van der Waals surface area contributed by atoms with Gasteiger partial charge in [0.15, 0.2) is 0 Å². The van der Waals surface area contributed by atoms with Crippen molar-refractivity contribution >= 4 is 5.69 Å². The molecule has 0 spiro atoms. The monoisotopic (exact) mass is 322 g/mol. The van der Waals surface area contributed by atoms with Crippen LogP contribution in [-0.2, 0) is 11.3 Å². The molecule has 2 saturated heterocycles. The highest BCUT2D eigenvalue weighted by Crippen LogP contribution is 2.30. The van der Waals surface area contributed by atoms with Crippen LogP contribution in [-0.4, -0.2) is 44.6 Å². The molecule has 0 unspecified atom stereocenters. The smallest absolute Gasteiger partial charge is 0.129 e. The van der Waals surface area contributed by atoms with E-state index in [-0.39, 0.29) is 17.8 Å². The molecule has 2 fully saturated rings. The molecule has 0 aromatic heterocycles. The summed E-state index contributed by atoms with van der Waals surface area (Å²) in [6.45, 7) is 4.76. The highest BCUT2D eigenvalue weighted by Gasteiger charge is 2.31. The van der Waals surface area contributed by atoms with Gasteiger partial charge < -0.3 is 20.1 Å². The molecule has 0 atom stereocenters. The highest BCUT2D eigenvalue weighted by molar-refractivity contribution is 5.54. The zero-order valence-electron chi connectivity index (χ0n) is 13.7. The van der Waals surface area contributed by atoms with Gasteiger partial charge in [-0.1, -0.05) is 6.07 Å². The van der Waals surface area contributed by atoms with Crippen molar-refractivity contribution in [1.29, 1.82) is 0 Å². The normalized spacial score (nSPS) is 20.9. The Morgan fingerprint density at radius 3 is 2.65 bits per heavy atom. The van der Waals surface area contributed by atoms with Crippen LogP contribution in [0.3, 0.4) is 0 Å². The molecular formula is C18H27FN2O2. The van der Waals surface area contributed by atoms with Gasteiger partial charge in [-0.2, -0.15) is 0 Å². The van der Waals surface area contributed by atoms with Crippen LogP contribution in [0, 0.1) is 11.2 Å². The lowest BCUT2D eigenvalue weighted by Gasteiger charge is -2.35. The number of halogens is 1. The number of hydrogen-bond donors (Lipinski definition) is 2. The molecule has 128 valence electrons. The summed E-state index contributed by atoms with van der Waals surface area (Å²) in [5, 5.41) is 13.1. The highest BCUT2D eigenvalue weighted by atomic mass is 19.1. The third kappa shape index (κ3) is 3.84. The molecule has 0 saturated carbocycles. The van der Waals surface area contributed by atoms with Crippen molar-refractivity contribution in [3.63, 3.8) is 0 Å². The van der Waals surface area contributed by atoms with Gasteiger partial charge >= 0.3 is 0 Å². The Balaban J connectivity index is 1.65. The number of aliphatic hydroxyl groups is 1. The molecule has 2 aliphatic heterocycles. The van der Waals surface area contributed by atoms with E-state index in [1.807, 2.05) is 6.07 Å². The second-order valence-electron chi connectivity index (χ2n) is 6.81. The standard InChI is InChI=1S/C18H27FN2O2/c19-16-4-3-5-17(21-8-1-2-9-21)15(16)12-20-13-18(14-22)6-10-23-11-7-18/h3-5,20,22H,1-2,6-14H2. The Kier molecular flexibility index (Phi) is 5.51. The van der Waals surface area contributed by atoms with E-state index in [0.717, 1.165) is 37.2 Å². The molecule has 4 nitrogen and oxygen atoms in total. The van der Waals surface area contributed by atoms with Crippen molar-refractivity contribution < 1.29 is 14.2 Å². The number of nitrogens with zero attached hydrogens (tertiary/aromatic N) is 1. The number of benzene rings is 1. The summed E-state index contributed by atoms with van der Waals surface area (Å²) in [6.07, 6.45) is 4.06. The summed E-state index contributed by atoms with van der Waals surface area (Å²) in [5.74, 6) is -0.146. The first-order chi connectivity index (χ1) is 11.2. The van der Waals surface area contributed by atoms with E-state index >= 15 is 0 Å². The van der Waals surface area contributed by atoms with Crippen molar-refractivity contribution in [2.75, 3.05) is 44.4 Å². The number of rotatable bonds is 6. The summed E-state index contributed by atoms with van der Waals surface area (Å²) in [7, 11) is 0. The van der Waals surface area contributed by atoms with Crippen LogP contribution in [0.15, 0.2) is 18.2 Å². The number of hydrogen-bond acceptors (Lipinski definition) is 4. The van der Waals surface area contributed by atoms with Crippen LogP contribution in [0.1, 0.15) is 31.2 Å². The zero-order valence-corrected chi connectivity index (χ0v) is 13.7. The fourth-order valence-corrected chi connectivity index (χ4v) is 3.62. The lowest BCUT2D eigenvalue weighted by atomic mass is 9.81. The van der Waals surface area contributed by atoms with Crippen molar-refractivity contribution in [1.82, 2.24) is 5.32 Å². The summed E-state index contributed by atoms with van der Waals surface area (Å²) in [5.41, 5.74) is 1.63. The summed E-state index contributed by atoms with van der Waals surface area (Å²) >= 11 is 0. The first-order valence-electron chi connectivity index (χ1n) is 8.66. The van der Waals surface area contributed by atoms with Crippen LogP contribution < -0.4 is 10.2 Å². The second kappa shape index (κ2) is 7.60. The first kappa shape index (κ1) is 16.7. The Labute approximate surface area is 137 Å². The van der Waals surface area contributed by atoms with Gasteiger partial charge in [-0.25, -0.2) is 4.39 Å². The van der Waals surface area contributed by atoms with Crippen molar-refractivity contribution in [2.45, 2.75) is 32.2 Å². The molecule has 0 bridgehead atoms. The maximum atomic E-state index is 14.3. The van der Waals surface area contributed by atoms with Gasteiger partial charge in [-0.15, -0.1) is 0 Å². The van der Waals surface area contributed by atoms with Crippen LogP contribution in [0.25, 0.3) is 0 Å². The van der Waals surface area contributed by atoms with Gasteiger partial charge in [-0.3, -0.25) is 0 Å². The SMILES string of the molecule is OCC1(CNCc2c(F)cccc2N2CCCC2)CCOCC1. The fraction of sp³-hybridized carbons (Fsp3) is 0.667. The van der Waals surface area contributed by atoms with Crippen LogP contribution in [0.4, 0.5) is 10.1 Å². The molecule has 2 heterocycles. The van der Waals surface area contributed by atoms with E-state index in [1.165, 1.54) is 18.9 Å². The van der Waals surface area contributed by atoms with Gasteiger partial charge in [0, 0.05) is 56.1 Å². The van der Waals surface area contributed by atoms with E-state index in [1.54, 1.807) is 6.07 Å². The van der Waals surface area contributed by atoms with Crippen molar-refractivity contribution in [3.8, 4) is 0 Å². The third-order valence-electron chi connectivity index (χ3n) is 5.23. The second-order valence-corrected chi connectivity index (χ2v) is 6.81. The maximum absolute atomic E-state index is 14.3. The fourth-order valence-electron chi connectivity index (χ4n) is 3.62. The summed E-state index contributed by atoms with van der Waals surface area (Å²) in [4.78, 5) is 2.27. The predicted molar refractivity (Wildman–Crippen MR) is 89.1 cm³/mol. The molecule has 1 aromatic carbocycles. The Hall–Kier alpha value is -1.17. The maximum Gasteiger partial charge on any atom is 0.129 e. The molecule has 0 aliphatic carbocycles. The van der Waals surface area contributed by atoms with Crippen LogP contribution in [0.5, 0.6) is 0 Å². The minimum absolute atomic E-state index is 0.128. The molecule has 0 amide bonds. The predicted octanol–water partition coefficient (Wildman–Crippen LogP) is 2.30. The average molecular weight is 322 g/mol. The molecule has 5 heteroatoms. The van der Waals surface area contributed by atoms with Crippen molar-refractivity contribution in [2.24, 2.45) is 5.41 Å². The topological polar surface area (TPSA) is 44.7 Å². The minimum Gasteiger partial charge on any atom is -0.396 e. The van der Waals surface area contributed by atoms with E-state index in [9.17, 15) is 9.50 Å². The Morgan fingerprint density at radius 2 is 1.96 bits per heavy atom. The minimum atomic E-state index is -0.146. The first-order valence-corrected chi connectivity index (χ1v) is 8.66. The molecule has 3 rings (SSSR count). The third-order valence-corrected chi connectivity index (χ3v) is 5.23. The van der Waals surface area contributed by atoms with Gasteiger partial charge in [-0.05, 0) is 37.8 Å². The zero-order chi connectivity index (χ0) is 16.1. The Morgan fingerprint density at radius 1 is 1.22 bits per heavy atom. The molecule has 23 heavy (non-hydrogen) atoms. The average Bonchev–Trinajstić information content (AvgIpc) is 3.11. The van der Waals surface area contributed by atoms with Crippen molar-refractivity contribution in [3.05, 3.63) is 29.6 Å². The quantitative estimate of drug-likeness (QED) is 0.844. The van der Waals surface area contributed by atoms with E-state index < -0.39 is 0 Å². The Bertz CT molecular complexity index is 512. The van der Waals surface area contributed by atoms with Gasteiger partial charge in [0.05, 0.1) is 6.61 Å². The number of aliphatic hydroxyl groups excluding tert-OH is 1. The van der Waals surface area contributed by atoms with Gasteiger partial charge in [0.25, 0.3) is 0 Å². The molecule has 2 aliphatic rings. The largest absolute Gasteiger partial charge is 0.396 e. The molecular weight excluding hydrogens is 295 g/mol. The molecule has 2 N–H and O–H groups in total.